The van der Waals surface area contributed by atoms with E-state index in [4.69, 9.17) is 0 Å². The summed E-state index contributed by atoms with van der Waals surface area (Å²) in [6, 6.07) is 16.2. The molecule has 5 amide bonds. The molecule has 2 aromatic carbocycles. The Morgan fingerprint density at radius 1 is 0.906 bits per heavy atom. The molecule has 1 atom stereocenters. The summed E-state index contributed by atoms with van der Waals surface area (Å²) >= 11 is 0. The maximum atomic E-state index is 12.5. The first-order valence-corrected chi connectivity index (χ1v) is 11.0. The van der Waals surface area contributed by atoms with E-state index in [-0.39, 0.29) is 36.9 Å². The standard InChI is InChI=1S/C24H31N5O3/c1-18-9-11-21(12-10-18)28-24(32)26-16-19-6-5-15-29(17-19)22(30)13-14-25-23(31)27-20-7-3-2-4-8-20/h2-4,7-12,19H,5-6,13-17H2,1H3,(H2,25,27,31)(H2,26,28,32). The molecule has 0 aromatic heterocycles. The first kappa shape index (κ1) is 23.1. The summed E-state index contributed by atoms with van der Waals surface area (Å²) in [5.41, 5.74) is 2.58. The van der Waals surface area contributed by atoms with Crippen LogP contribution in [0.1, 0.15) is 24.8 Å². The van der Waals surface area contributed by atoms with Crippen molar-refractivity contribution in [2.24, 2.45) is 5.92 Å². The molecule has 3 rings (SSSR count). The number of nitrogens with one attached hydrogen (secondary N) is 4. The zero-order valence-corrected chi connectivity index (χ0v) is 18.4. The molecule has 1 saturated heterocycles. The topological polar surface area (TPSA) is 103 Å². The molecule has 0 aliphatic carbocycles. The van der Waals surface area contributed by atoms with Gasteiger partial charge in [-0.15, -0.1) is 0 Å². The summed E-state index contributed by atoms with van der Waals surface area (Å²) in [7, 11) is 0. The van der Waals surface area contributed by atoms with Gasteiger partial charge in [-0.2, -0.15) is 0 Å². The van der Waals surface area contributed by atoms with Gasteiger partial charge in [-0.1, -0.05) is 35.9 Å². The van der Waals surface area contributed by atoms with Gasteiger partial charge < -0.3 is 26.2 Å². The number of amides is 5. The third kappa shape index (κ3) is 7.61. The zero-order valence-electron chi connectivity index (χ0n) is 18.4. The van der Waals surface area contributed by atoms with E-state index in [1.807, 2.05) is 54.3 Å². The molecular weight excluding hydrogens is 406 g/mol. The fourth-order valence-electron chi connectivity index (χ4n) is 3.65. The van der Waals surface area contributed by atoms with Gasteiger partial charge in [-0.25, -0.2) is 9.59 Å². The van der Waals surface area contributed by atoms with Crippen molar-refractivity contribution in [3.63, 3.8) is 0 Å². The molecule has 1 aliphatic heterocycles. The molecule has 8 nitrogen and oxygen atoms in total. The minimum atomic E-state index is -0.329. The number of nitrogens with zero attached hydrogens (tertiary/aromatic N) is 1. The van der Waals surface area contributed by atoms with Gasteiger partial charge in [0.25, 0.3) is 0 Å². The van der Waals surface area contributed by atoms with E-state index in [0.29, 0.717) is 25.3 Å². The quantitative estimate of drug-likeness (QED) is 0.532. The molecule has 4 N–H and O–H groups in total. The van der Waals surface area contributed by atoms with Gasteiger partial charge in [0.15, 0.2) is 0 Å². The average molecular weight is 438 g/mol. The number of hydrogen-bond donors (Lipinski definition) is 4. The largest absolute Gasteiger partial charge is 0.342 e. The Balaban J connectivity index is 1.34. The van der Waals surface area contributed by atoms with Crippen LogP contribution in [0.5, 0.6) is 0 Å². The van der Waals surface area contributed by atoms with Gasteiger partial charge in [0.05, 0.1) is 0 Å². The van der Waals surface area contributed by atoms with Crippen LogP contribution in [-0.4, -0.2) is 49.0 Å². The summed E-state index contributed by atoms with van der Waals surface area (Å²) < 4.78 is 0. The van der Waals surface area contributed by atoms with E-state index >= 15 is 0 Å². The van der Waals surface area contributed by atoms with E-state index in [9.17, 15) is 14.4 Å². The lowest BCUT2D eigenvalue weighted by Gasteiger charge is -2.33. The Morgan fingerprint density at radius 3 is 2.28 bits per heavy atom. The molecule has 0 bridgehead atoms. The highest BCUT2D eigenvalue weighted by atomic mass is 16.2. The Bertz CT molecular complexity index is 902. The number of piperidine rings is 1. The molecule has 1 fully saturated rings. The lowest BCUT2D eigenvalue weighted by molar-refractivity contribution is -0.132. The molecule has 0 radical (unpaired) electrons. The lowest BCUT2D eigenvalue weighted by atomic mass is 9.98. The highest BCUT2D eigenvalue weighted by Crippen LogP contribution is 2.17. The van der Waals surface area contributed by atoms with E-state index < -0.39 is 0 Å². The second-order valence-electron chi connectivity index (χ2n) is 8.05. The van der Waals surface area contributed by atoms with Crippen molar-refractivity contribution >= 4 is 29.3 Å². The number of rotatable bonds is 7. The normalized spacial score (nSPS) is 15.5. The van der Waals surface area contributed by atoms with Gasteiger partial charge in [0.1, 0.15) is 0 Å². The molecule has 0 spiro atoms. The molecule has 1 aliphatic rings. The number of carbonyl (C=O) groups excluding carboxylic acids is 3. The number of carbonyl (C=O) groups is 3. The van der Waals surface area contributed by atoms with E-state index in [1.165, 1.54) is 0 Å². The zero-order chi connectivity index (χ0) is 22.8. The summed E-state index contributed by atoms with van der Waals surface area (Å²) in [6.45, 7) is 4.10. The first-order chi connectivity index (χ1) is 15.5. The van der Waals surface area contributed by atoms with Crippen LogP contribution in [0.3, 0.4) is 0 Å². The fourth-order valence-corrected chi connectivity index (χ4v) is 3.65. The van der Waals surface area contributed by atoms with E-state index in [0.717, 1.165) is 24.1 Å². The first-order valence-electron chi connectivity index (χ1n) is 11.0. The summed E-state index contributed by atoms with van der Waals surface area (Å²) in [6.07, 6.45) is 2.11. The predicted octanol–water partition coefficient (Wildman–Crippen LogP) is 3.57. The second-order valence-corrected chi connectivity index (χ2v) is 8.05. The van der Waals surface area contributed by atoms with Crippen LogP contribution in [0.2, 0.25) is 0 Å². The maximum Gasteiger partial charge on any atom is 0.319 e. The van der Waals surface area contributed by atoms with Crippen LogP contribution in [0.15, 0.2) is 54.6 Å². The second kappa shape index (κ2) is 11.7. The number of hydrogen-bond acceptors (Lipinski definition) is 3. The minimum Gasteiger partial charge on any atom is -0.342 e. The molecular formula is C24H31N5O3. The number of benzene rings is 2. The van der Waals surface area contributed by atoms with Crippen molar-refractivity contribution in [2.75, 3.05) is 36.8 Å². The highest BCUT2D eigenvalue weighted by molar-refractivity contribution is 5.90. The third-order valence-corrected chi connectivity index (χ3v) is 5.39. The molecule has 2 aromatic rings. The molecule has 1 unspecified atom stereocenters. The van der Waals surface area contributed by atoms with Crippen molar-refractivity contribution in [3.8, 4) is 0 Å². The smallest absolute Gasteiger partial charge is 0.319 e. The van der Waals surface area contributed by atoms with Gasteiger partial charge in [0, 0.05) is 44.0 Å². The van der Waals surface area contributed by atoms with Crippen LogP contribution >= 0.6 is 0 Å². The third-order valence-electron chi connectivity index (χ3n) is 5.39. The minimum absolute atomic E-state index is 0.0128. The van der Waals surface area contributed by atoms with Crippen LogP contribution in [0, 0.1) is 12.8 Å². The van der Waals surface area contributed by atoms with Crippen LogP contribution in [0.25, 0.3) is 0 Å². The van der Waals surface area contributed by atoms with Crippen molar-refractivity contribution in [2.45, 2.75) is 26.2 Å². The van der Waals surface area contributed by atoms with Crippen molar-refractivity contribution in [3.05, 3.63) is 60.2 Å². The summed E-state index contributed by atoms with van der Waals surface area (Å²) in [5.74, 6) is 0.227. The Morgan fingerprint density at radius 2 is 1.56 bits per heavy atom. The van der Waals surface area contributed by atoms with E-state index in [2.05, 4.69) is 21.3 Å². The number of likely N-dealkylation sites (tertiary alicyclic amines) is 1. The highest BCUT2D eigenvalue weighted by Gasteiger charge is 2.23. The monoisotopic (exact) mass is 437 g/mol. The van der Waals surface area contributed by atoms with Gasteiger partial charge in [-0.05, 0) is 49.9 Å². The number of urea groups is 2. The molecule has 170 valence electrons. The molecule has 8 heteroatoms. The Hall–Kier alpha value is -3.55. The molecule has 32 heavy (non-hydrogen) atoms. The number of aryl methyl sites for hydroxylation is 1. The maximum absolute atomic E-state index is 12.5. The van der Waals surface area contributed by atoms with Gasteiger partial charge >= 0.3 is 12.1 Å². The van der Waals surface area contributed by atoms with Gasteiger partial charge in [0.2, 0.25) is 5.91 Å². The van der Waals surface area contributed by atoms with Gasteiger partial charge in [-0.3, -0.25) is 4.79 Å². The summed E-state index contributed by atoms with van der Waals surface area (Å²) in [5, 5.41) is 11.2. The van der Waals surface area contributed by atoms with Crippen molar-refractivity contribution in [1.82, 2.24) is 15.5 Å². The number of para-hydroxylation sites is 1. The Kier molecular flexibility index (Phi) is 8.48. The number of anilines is 2. The Labute approximate surface area is 188 Å². The lowest BCUT2D eigenvalue weighted by Crippen LogP contribution is -2.45. The predicted molar refractivity (Wildman–Crippen MR) is 126 cm³/mol. The average Bonchev–Trinajstić information content (AvgIpc) is 2.80. The van der Waals surface area contributed by atoms with Crippen LogP contribution in [0.4, 0.5) is 21.0 Å². The molecule has 1 heterocycles. The molecule has 0 saturated carbocycles. The SMILES string of the molecule is Cc1ccc(NC(=O)NCC2CCCN(C(=O)CCNC(=O)Nc3ccccc3)C2)cc1. The van der Waals surface area contributed by atoms with Crippen LogP contribution < -0.4 is 21.3 Å². The fraction of sp³-hybridized carbons (Fsp3) is 0.375. The van der Waals surface area contributed by atoms with Crippen molar-refractivity contribution in [1.29, 1.82) is 0 Å². The van der Waals surface area contributed by atoms with Crippen molar-refractivity contribution < 1.29 is 14.4 Å². The van der Waals surface area contributed by atoms with Crippen LogP contribution in [-0.2, 0) is 4.79 Å². The van der Waals surface area contributed by atoms with E-state index in [1.54, 1.807) is 12.1 Å². The summed E-state index contributed by atoms with van der Waals surface area (Å²) in [4.78, 5) is 38.4.